The van der Waals surface area contributed by atoms with Crippen molar-refractivity contribution in [2.24, 2.45) is 0 Å². The van der Waals surface area contributed by atoms with Crippen LogP contribution in [0.25, 0.3) is 0 Å². The van der Waals surface area contributed by atoms with Crippen LogP contribution >= 0.6 is 0 Å². The van der Waals surface area contributed by atoms with E-state index >= 15 is 0 Å². The quantitative estimate of drug-likeness (QED) is 0.175. The van der Waals surface area contributed by atoms with E-state index in [4.69, 9.17) is 0 Å². The normalized spacial score (nSPS) is 16.5. The molecule has 0 spiro atoms. The number of hydrogen-bond acceptors (Lipinski definition) is 1. The van der Waals surface area contributed by atoms with Crippen molar-refractivity contribution in [1.29, 1.82) is 0 Å². The summed E-state index contributed by atoms with van der Waals surface area (Å²) in [5.74, 6) is -78.4. The van der Waals surface area contributed by atoms with Crippen LogP contribution in [0.15, 0.2) is 0 Å². The summed E-state index contributed by atoms with van der Waals surface area (Å²) in [6.07, 6.45) is -11.9. The van der Waals surface area contributed by atoms with Gasteiger partial charge >= 0.3 is 72.1 Å². The maximum Gasteiger partial charge on any atom is 0.384 e. The van der Waals surface area contributed by atoms with Gasteiger partial charge in [-0.3, -0.25) is 0 Å². The van der Waals surface area contributed by atoms with E-state index in [-0.39, 0.29) is 0 Å². The second-order valence-corrected chi connectivity index (χ2v) is 7.20. The summed E-state index contributed by atoms with van der Waals surface area (Å²) >= 11 is 0. The maximum absolute atomic E-state index is 13.4. The molecule has 0 unspecified atom stereocenters. The molecule has 0 rings (SSSR count). The molecular formula is C14H6F24O. The van der Waals surface area contributed by atoms with Gasteiger partial charge in [-0.05, 0) is 0 Å². The Morgan fingerprint density at radius 1 is 0.333 bits per heavy atom. The fraction of sp³-hybridized carbons (Fsp3) is 1.00. The Labute approximate surface area is 197 Å². The van der Waals surface area contributed by atoms with Crippen LogP contribution in [0.1, 0.15) is 0 Å². The Bertz CT molecular complexity index is 774. The van der Waals surface area contributed by atoms with Gasteiger partial charge in [-0.25, -0.2) is 17.6 Å². The highest BCUT2D eigenvalue weighted by Crippen LogP contribution is 2.60. The lowest BCUT2D eigenvalue weighted by molar-refractivity contribution is -0.422. The van der Waals surface area contributed by atoms with Gasteiger partial charge in [-0.15, -0.1) is 0 Å². The lowest BCUT2D eigenvalue weighted by Gasteiger charge is -2.40. The van der Waals surface area contributed by atoms with E-state index in [2.05, 4.69) is 4.74 Å². The molecule has 0 bridgehead atoms. The molecule has 0 aromatic carbocycles. The molecule has 0 N–H and O–H groups in total. The van der Waals surface area contributed by atoms with Crippen LogP contribution in [0.4, 0.5) is 105 Å². The van der Waals surface area contributed by atoms with E-state index < -0.39 is 85.3 Å². The lowest BCUT2D eigenvalue weighted by atomic mass is 9.94. The van der Waals surface area contributed by atoms with Gasteiger partial charge < -0.3 is 4.74 Å². The van der Waals surface area contributed by atoms with Gasteiger partial charge in [0.15, 0.2) is 0 Å². The second kappa shape index (κ2) is 9.98. The zero-order chi connectivity index (χ0) is 32.3. The summed E-state index contributed by atoms with van der Waals surface area (Å²) in [5.41, 5.74) is 0. The molecule has 0 aliphatic rings. The predicted molar refractivity (Wildman–Crippen MR) is 72.3 cm³/mol. The Kier molecular flexibility index (Phi) is 9.54. The van der Waals surface area contributed by atoms with E-state index in [1.54, 1.807) is 0 Å². The zero-order valence-electron chi connectivity index (χ0n) is 17.0. The van der Waals surface area contributed by atoms with Crippen LogP contribution in [0, 0.1) is 0 Å². The third-order valence-corrected chi connectivity index (χ3v) is 4.45. The second-order valence-electron chi connectivity index (χ2n) is 7.20. The molecule has 0 aliphatic heterocycles. The summed E-state index contributed by atoms with van der Waals surface area (Å²) in [5, 5.41) is 0. The molecule has 0 aromatic heterocycles. The van der Waals surface area contributed by atoms with Crippen molar-refractivity contribution in [2.45, 2.75) is 72.1 Å². The topological polar surface area (TPSA) is 9.23 Å². The Morgan fingerprint density at radius 3 is 0.718 bits per heavy atom. The summed E-state index contributed by atoms with van der Waals surface area (Å²) in [7, 11) is 0. The Morgan fingerprint density at radius 2 is 0.538 bits per heavy atom. The molecule has 0 fully saturated rings. The zero-order valence-corrected chi connectivity index (χ0v) is 17.0. The van der Waals surface area contributed by atoms with Crippen molar-refractivity contribution < 1.29 is 110 Å². The molecule has 0 radical (unpaired) electrons. The van der Waals surface area contributed by atoms with E-state index in [1.807, 2.05) is 0 Å². The average Bonchev–Trinajstić information content (AvgIpc) is 2.71. The molecule has 0 aliphatic carbocycles. The molecule has 1 nitrogen and oxygen atoms in total. The van der Waals surface area contributed by atoms with Gasteiger partial charge in [0.25, 0.3) is 0 Å². The summed E-state index contributed by atoms with van der Waals surface area (Å²) in [4.78, 5) is 0. The molecule has 39 heavy (non-hydrogen) atoms. The number of alkyl halides is 24. The van der Waals surface area contributed by atoms with E-state index in [1.165, 1.54) is 0 Å². The molecule has 0 saturated heterocycles. The van der Waals surface area contributed by atoms with Crippen LogP contribution < -0.4 is 0 Å². The number of rotatable bonds is 14. The average molecular weight is 646 g/mol. The first-order valence-corrected chi connectivity index (χ1v) is 8.51. The van der Waals surface area contributed by atoms with Gasteiger partial charge in [-0.1, -0.05) is 0 Å². The van der Waals surface area contributed by atoms with E-state index in [0.717, 1.165) is 0 Å². The summed E-state index contributed by atoms with van der Waals surface area (Å²) in [6, 6.07) is 0. The minimum atomic E-state index is -8.27. The largest absolute Gasteiger partial charge is 0.384 e. The predicted octanol–water partition coefficient (Wildman–Crippen LogP) is 7.89. The molecule has 0 aromatic rings. The molecule has 0 atom stereocenters. The van der Waals surface area contributed by atoms with Crippen LogP contribution in [0.5, 0.6) is 0 Å². The van der Waals surface area contributed by atoms with Crippen molar-refractivity contribution in [3.05, 3.63) is 0 Å². The molecule has 0 amide bonds. The SMILES string of the molecule is FC(F)C(F)(F)C(F)(F)C(F)(F)C(F)(F)C(F)(F)COCC(F)(F)C(F)(F)C(F)(F)C(F)(F)C(F)(F)C(F)F. The number of hydrogen-bond donors (Lipinski definition) is 0. The van der Waals surface area contributed by atoms with Crippen molar-refractivity contribution >= 4 is 0 Å². The first-order chi connectivity index (χ1) is 16.6. The van der Waals surface area contributed by atoms with Crippen molar-refractivity contribution in [3.8, 4) is 0 Å². The van der Waals surface area contributed by atoms with Gasteiger partial charge in [0.2, 0.25) is 0 Å². The highest BCUT2D eigenvalue weighted by Gasteiger charge is 2.89. The lowest BCUT2D eigenvalue weighted by Crippen LogP contribution is -2.70. The van der Waals surface area contributed by atoms with Crippen molar-refractivity contribution in [2.75, 3.05) is 13.2 Å². The highest BCUT2D eigenvalue weighted by atomic mass is 19.4. The van der Waals surface area contributed by atoms with Gasteiger partial charge in [-0.2, -0.15) is 87.8 Å². The molecular weight excluding hydrogens is 640 g/mol. The fourth-order valence-corrected chi connectivity index (χ4v) is 2.04. The highest BCUT2D eigenvalue weighted by molar-refractivity contribution is 5.10. The van der Waals surface area contributed by atoms with Gasteiger partial charge in [0, 0.05) is 0 Å². The minimum Gasteiger partial charge on any atom is -0.368 e. The molecule has 236 valence electrons. The smallest absolute Gasteiger partial charge is 0.368 e. The van der Waals surface area contributed by atoms with E-state index in [0.29, 0.717) is 0 Å². The number of halogens is 24. The van der Waals surface area contributed by atoms with Gasteiger partial charge in [0.1, 0.15) is 13.2 Å². The summed E-state index contributed by atoms with van der Waals surface area (Å²) in [6.45, 7) is -8.15. The molecule has 0 heterocycles. The third-order valence-electron chi connectivity index (χ3n) is 4.45. The monoisotopic (exact) mass is 646 g/mol. The Balaban J connectivity index is 6.15. The van der Waals surface area contributed by atoms with Crippen LogP contribution in [-0.2, 0) is 4.74 Å². The first kappa shape index (κ1) is 37.3. The number of ether oxygens (including phenoxy) is 1. The van der Waals surface area contributed by atoms with E-state index in [9.17, 15) is 105 Å². The van der Waals surface area contributed by atoms with Crippen molar-refractivity contribution in [1.82, 2.24) is 0 Å². The minimum absolute atomic E-state index is 2.53. The third kappa shape index (κ3) is 5.23. The van der Waals surface area contributed by atoms with Crippen LogP contribution in [-0.4, -0.2) is 85.3 Å². The molecule has 25 heteroatoms. The first-order valence-electron chi connectivity index (χ1n) is 8.51. The van der Waals surface area contributed by atoms with Gasteiger partial charge in [0.05, 0.1) is 0 Å². The van der Waals surface area contributed by atoms with Crippen LogP contribution in [0.2, 0.25) is 0 Å². The standard InChI is InChI=1S/C14H6F24O/c15-3(16)7(23,24)11(31,32)13(35,36)9(27,28)5(19,20)1-39-2-6(21,22)10(29,30)14(37,38)12(33,34)8(25,26)4(17)18/h3-4H,1-2H2. The van der Waals surface area contributed by atoms with Crippen molar-refractivity contribution in [3.63, 3.8) is 0 Å². The van der Waals surface area contributed by atoms with Crippen LogP contribution in [0.3, 0.4) is 0 Å². The Hall–Kier alpha value is -1.72. The molecule has 0 saturated carbocycles. The maximum atomic E-state index is 13.4. The fourth-order valence-electron chi connectivity index (χ4n) is 2.04. The summed E-state index contributed by atoms with van der Waals surface area (Å²) < 4.78 is 312.